The maximum Gasteiger partial charge on any atom is 0.326 e. The van der Waals surface area contributed by atoms with E-state index in [9.17, 15) is 34.2 Å². The van der Waals surface area contributed by atoms with Gasteiger partial charge in [0.2, 0.25) is 17.7 Å². The molecule has 1 aliphatic rings. The van der Waals surface area contributed by atoms with E-state index in [0.717, 1.165) is 4.90 Å². The van der Waals surface area contributed by atoms with E-state index in [4.69, 9.17) is 17.2 Å². The number of nitrogens with two attached hydrogens (primary N) is 3. The highest BCUT2D eigenvalue weighted by Gasteiger charge is 2.39. The van der Waals surface area contributed by atoms with Gasteiger partial charge < -0.3 is 42.9 Å². The number of nitrogens with zero attached hydrogens (tertiary/aromatic N) is 2. The lowest BCUT2D eigenvalue weighted by atomic mass is 9.97. The number of carbonyl (C=O) groups is 5. The van der Waals surface area contributed by atoms with E-state index in [0.29, 0.717) is 19.3 Å². The third kappa shape index (κ3) is 9.39. The van der Waals surface area contributed by atoms with Crippen molar-refractivity contribution in [2.24, 2.45) is 28.1 Å². The topological polar surface area (TPSA) is 244 Å². The molecule has 5 atom stereocenters. The molecule has 198 valence electrons. The molecule has 1 rings (SSSR count). The number of nitrogens with one attached hydrogen (secondary N) is 2. The molecule has 0 aliphatic carbocycles. The second kappa shape index (κ2) is 14.1. The summed E-state index contributed by atoms with van der Waals surface area (Å²) in [5.74, 6) is -5.14. The van der Waals surface area contributed by atoms with Gasteiger partial charge in [0.05, 0.1) is 12.5 Å². The monoisotopic (exact) mass is 499 g/mol. The summed E-state index contributed by atoms with van der Waals surface area (Å²) >= 11 is 0. The maximum atomic E-state index is 13.1. The number of carboxylic acids is 2. The second-order valence-corrected chi connectivity index (χ2v) is 8.61. The molecule has 10 N–H and O–H groups in total. The molecular formula is C21H37N7O7. The number of amides is 3. The van der Waals surface area contributed by atoms with Crippen molar-refractivity contribution < 1.29 is 34.2 Å². The third-order valence-electron chi connectivity index (χ3n) is 5.91. The second-order valence-electron chi connectivity index (χ2n) is 8.61. The molecule has 0 bridgehead atoms. The first-order valence-electron chi connectivity index (χ1n) is 11.6. The van der Waals surface area contributed by atoms with E-state index in [1.54, 1.807) is 13.8 Å². The molecule has 14 heteroatoms. The Morgan fingerprint density at radius 3 is 2.31 bits per heavy atom. The fourth-order valence-electron chi connectivity index (χ4n) is 3.74. The van der Waals surface area contributed by atoms with Crippen LogP contribution in [0.25, 0.3) is 0 Å². The van der Waals surface area contributed by atoms with Crippen LogP contribution < -0.4 is 27.8 Å². The zero-order valence-electron chi connectivity index (χ0n) is 20.1. The molecule has 14 nitrogen and oxygen atoms in total. The third-order valence-corrected chi connectivity index (χ3v) is 5.91. The fraction of sp³-hybridized carbons (Fsp3) is 0.714. The van der Waals surface area contributed by atoms with Crippen molar-refractivity contribution in [2.75, 3.05) is 13.1 Å². The summed E-state index contributed by atoms with van der Waals surface area (Å²) in [5.41, 5.74) is 16.4. The van der Waals surface area contributed by atoms with Gasteiger partial charge in [-0.3, -0.25) is 24.2 Å². The summed E-state index contributed by atoms with van der Waals surface area (Å²) in [5, 5.41) is 23.6. The first-order chi connectivity index (χ1) is 16.4. The van der Waals surface area contributed by atoms with Crippen LogP contribution in [0.4, 0.5) is 0 Å². The predicted octanol–water partition coefficient (Wildman–Crippen LogP) is -2.07. The van der Waals surface area contributed by atoms with Crippen LogP contribution in [0, 0.1) is 5.92 Å². The Hall–Kier alpha value is -3.42. The number of carbonyl (C=O) groups excluding carboxylic acids is 3. The van der Waals surface area contributed by atoms with Crippen LogP contribution in [0.2, 0.25) is 0 Å². The van der Waals surface area contributed by atoms with Crippen molar-refractivity contribution >= 4 is 35.6 Å². The van der Waals surface area contributed by atoms with E-state index in [-0.39, 0.29) is 37.8 Å². The Morgan fingerprint density at radius 2 is 1.77 bits per heavy atom. The Labute approximate surface area is 203 Å². The number of aliphatic imine (C=N–C) groups is 1. The van der Waals surface area contributed by atoms with Crippen molar-refractivity contribution in [1.29, 1.82) is 0 Å². The van der Waals surface area contributed by atoms with Gasteiger partial charge in [0, 0.05) is 13.1 Å². The van der Waals surface area contributed by atoms with Crippen molar-refractivity contribution in [2.45, 2.75) is 76.5 Å². The minimum atomic E-state index is -1.49. The smallest absolute Gasteiger partial charge is 0.326 e. The molecule has 0 saturated carbocycles. The molecule has 35 heavy (non-hydrogen) atoms. The minimum absolute atomic E-state index is 0.0782. The molecule has 0 aromatic heterocycles. The normalized spacial score (nSPS) is 18.6. The van der Waals surface area contributed by atoms with Gasteiger partial charge in [-0.1, -0.05) is 20.3 Å². The van der Waals surface area contributed by atoms with Crippen LogP contribution in [0.1, 0.15) is 52.4 Å². The molecule has 0 aromatic rings. The quantitative estimate of drug-likeness (QED) is 0.0781. The van der Waals surface area contributed by atoms with Crippen LogP contribution in [0.5, 0.6) is 0 Å². The summed E-state index contributed by atoms with van der Waals surface area (Å²) < 4.78 is 0. The lowest BCUT2D eigenvalue weighted by molar-refractivity contribution is -0.150. The Kier molecular flexibility index (Phi) is 11.9. The average Bonchev–Trinajstić information content (AvgIpc) is 3.28. The van der Waals surface area contributed by atoms with Gasteiger partial charge in [0.15, 0.2) is 5.96 Å². The average molecular weight is 500 g/mol. The highest BCUT2D eigenvalue weighted by Crippen LogP contribution is 2.19. The molecule has 1 fully saturated rings. The first kappa shape index (κ1) is 29.6. The molecule has 1 aliphatic heterocycles. The molecule has 5 unspecified atom stereocenters. The van der Waals surface area contributed by atoms with Crippen LogP contribution in [-0.4, -0.2) is 88.0 Å². The van der Waals surface area contributed by atoms with Gasteiger partial charge >= 0.3 is 11.9 Å². The van der Waals surface area contributed by atoms with Crippen LogP contribution in [0.3, 0.4) is 0 Å². The van der Waals surface area contributed by atoms with Gasteiger partial charge in [-0.15, -0.1) is 0 Å². The molecule has 1 heterocycles. The summed E-state index contributed by atoms with van der Waals surface area (Å²) in [6, 6.07) is -4.61. The van der Waals surface area contributed by atoms with Crippen LogP contribution in [-0.2, 0) is 24.0 Å². The number of aliphatic carboxylic acids is 2. The Balaban J connectivity index is 2.94. The Bertz CT molecular complexity index is 816. The first-order valence-corrected chi connectivity index (χ1v) is 11.6. The van der Waals surface area contributed by atoms with Gasteiger partial charge in [0.1, 0.15) is 18.1 Å². The van der Waals surface area contributed by atoms with Crippen molar-refractivity contribution in [3.05, 3.63) is 0 Å². The van der Waals surface area contributed by atoms with E-state index in [1.165, 1.54) is 0 Å². The molecule has 0 spiro atoms. The SMILES string of the molecule is CCC(C)C(NC(=O)C(N)CCCN=C(N)N)C(=O)NC(CC(=O)O)C(=O)N1CCCC1C(=O)O. The molecule has 0 radical (unpaired) electrons. The lowest BCUT2D eigenvalue weighted by Gasteiger charge is -2.29. The van der Waals surface area contributed by atoms with E-state index < -0.39 is 60.2 Å². The fourth-order valence-corrected chi connectivity index (χ4v) is 3.74. The molecule has 0 aromatic carbocycles. The Morgan fingerprint density at radius 1 is 1.11 bits per heavy atom. The number of carboxylic acid groups (broad SMARTS) is 2. The van der Waals surface area contributed by atoms with Gasteiger partial charge in [-0.05, 0) is 31.6 Å². The molecule has 1 saturated heterocycles. The number of hydrogen-bond acceptors (Lipinski definition) is 7. The summed E-state index contributed by atoms with van der Waals surface area (Å²) in [4.78, 5) is 66.3. The number of guanidine groups is 1. The number of rotatable bonds is 14. The lowest BCUT2D eigenvalue weighted by Crippen LogP contribution is -2.59. The standard InChI is InChI=1S/C21H37N7O7/c1-3-11(2)16(27-17(31)12(22)6-4-8-25-21(23)24)18(32)26-13(10-15(29)30)19(33)28-9-5-7-14(28)20(34)35/h11-14,16H,3-10,22H2,1-2H3,(H,26,32)(H,27,31)(H,29,30)(H,34,35)(H4,23,24,25). The number of likely N-dealkylation sites (tertiary alicyclic amines) is 1. The summed E-state index contributed by atoms with van der Waals surface area (Å²) in [7, 11) is 0. The van der Waals surface area contributed by atoms with Crippen molar-refractivity contribution in [3.8, 4) is 0 Å². The zero-order chi connectivity index (χ0) is 26.7. The largest absolute Gasteiger partial charge is 0.481 e. The van der Waals surface area contributed by atoms with E-state index >= 15 is 0 Å². The predicted molar refractivity (Wildman–Crippen MR) is 126 cm³/mol. The highest BCUT2D eigenvalue weighted by atomic mass is 16.4. The van der Waals surface area contributed by atoms with Crippen molar-refractivity contribution in [1.82, 2.24) is 15.5 Å². The highest BCUT2D eigenvalue weighted by molar-refractivity contribution is 5.96. The van der Waals surface area contributed by atoms with E-state index in [2.05, 4.69) is 15.6 Å². The zero-order valence-corrected chi connectivity index (χ0v) is 20.1. The van der Waals surface area contributed by atoms with Crippen LogP contribution in [0.15, 0.2) is 4.99 Å². The van der Waals surface area contributed by atoms with Gasteiger partial charge in [-0.2, -0.15) is 0 Å². The maximum absolute atomic E-state index is 13.1. The van der Waals surface area contributed by atoms with Gasteiger partial charge in [-0.25, -0.2) is 4.79 Å². The van der Waals surface area contributed by atoms with E-state index in [1.807, 2.05) is 0 Å². The minimum Gasteiger partial charge on any atom is -0.481 e. The number of hydrogen-bond donors (Lipinski definition) is 7. The van der Waals surface area contributed by atoms with Gasteiger partial charge in [0.25, 0.3) is 0 Å². The molecular weight excluding hydrogens is 462 g/mol. The summed E-state index contributed by atoms with van der Waals surface area (Å²) in [6.45, 7) is 3.94. The van der Waals surface area contributed by atoms with Crippen LogP contribution >= 0.6 is 0 Å². The van der Waals surface area contributed by atoms with Crippen molar-refractivity contribution in [3.63, 3.8) is 0 Å². The summed E-state index contributed by atoms with van der Waals surface area (Å²) in [6.07, 6.45) is 1.12. The molecule has 3 amide bonds.